The molecule has 6 heteroatoms. The third kappa shape index (κ3) is 4.59. The maximum atomic E-state index is 6.61. The van der Waals surface area contributed by atoms with Crippen LogP contribution in [0, 0.1) is 0 Å². The van der Waals surface area contributed by atoms with E-state index in [1.165, 1.54) is 22.1 Å². The van der Waals surface area contributed by atoms with Gasteiger partial charge in [0.15, 0.2) is 0 Å². The number of hydrogen-bond donors (Lipinski definition) is 0. The monoisotopic (exact) mass is 637 g/mol. The van der Waals surface area contributed by atoms with Crippen molar-refractivity contribution in [2.45, 2.75) is 39.5 Å². The van der Waals surface area contributed by atoms with Crippen LogP contribution in [0.4, 0.5) is 0 Å². The molecular formula is C43H35N5O. The summed E-state index contributed by atoms with van der Waals surface area (Å²) in [5.74, 6) is 2.19. The number of hydrogen-bond acceptors (Lipinski definition) is 4. The minimum Gasteiger partial charge on any atom is -0.457 e. The highest BCUT2D eigenvalue weighted by molar-refractivity contribution is 6.11. The molecule has 0 saturated heterocycles. The molecule has 0 bridgehead atoms. The summed E-state index contributed by atoms with van der Waals surface area (Å²) in [6, 6.07) is 37.8. The largest absolute Gasteiger partial charge is 0.457 e. The quantitative estimate of drug-likeness (QED) is 0.170. The van der Waals surface area contributed by atoms with E-state index < -0.39 is 0 Å². The first-order valence-corrected chi connectivity index (χ1v) is 16.9. The fourth-order valence-electron chi connectivity index (χ4n) is 7.45. The molecule has 9 aromatic rings. The van der Waals surface area contributed by atoms with Crippen molar-refractivity contribution in [2.75, 3.05) is 0 Å². The van der Waals surface area contributed by atoms with Gasteiger partial charge in [-0.3, -0.25) is 14.0 Å². The van der Waals surface area contributed by atoms with Crippen LogP contribution in [0.25, 0.3) is 66.3 Å². The van der Waals surface area contributed by atoms with E-state index in [1.54, 1.807) is 0 Å². The van der Waals surface area contributed by atoms with Gasteiger partial charge < -0.3 is 4.74 Å². The van der Waals surface area contributed by atoms with E-state index in [0.717, 1.165) is 66.9 Å². The Morgan fingerprint density at radius 2 is 1.27 bits per heavy atom. The van der Waals surface area contributed by atoms with Crippen LogP contribution in [0.1, 0.15) is 50.7 Å². The summed E-state index contributed by atoms with van der Waals surface area (Å²) in [6.45, 7) is 9.05. The number of rotatable bonds is 6. The molecule has 49 heavy (non-hydrogen) atoms. The fraction of sp³-hybridized carbons (Fsp3) is 0.140. The van der Waals surface area contributed by atoms with Gasteiger partial charge in [-0.1, -0.05) is 70.2 Å². The highest BCUT2D eigenvalue weighted by atomic mass is 16.5. The SMILES string of the molecule is CC(C)c1cccc(C(C)C)c1-c1cnc2c3cc(Oc4cccc(-n5c6ccccc6c6cccnc65)c4)ccc3c3ncccc3n12. The smallest absolute Gasteiger partial charge is 0.145 e. The lowest BCUT2D eigenvalue weighted by Crippen LogP contribution is -2.03. The number of benzene rings is 4. The summed E-state index contributed by atoms with van der Waals surface area (Å²) in [4.78, 5) is 14.7. The van der Waals surface area contributed by atoms with Crippen molar-refractivity contribution in [3.63, 3.8) is 0 Å². The lowest BCUT2D eigenvalue weighted by atomic mass is 9.87. The first-order chi connectivity index (χ1) is 24.0. The van der Waals surface area contributed by atoms with Crippen LogP contribution in [0.2, 0.25) is 0 Å². The van der Waals surface area contributed by atoms with Crippen molar-refractivity contribution in [3.05, 3.63) is 139 Å². The topological polar surface area (TPSA) is 57.2 Å². The first kappa shape index (κ1) is 29.2. The minimum atomic E-state index is 0.359. The average molecular weight is 638 g/mol. The van der Waals surface area contributed by atoms with E-state index in [4.69, 9.17) is 19.7 Å². The summed E-state index contributed by atoms with van der Waals surface area (Å²) in [6.07, 6.45) is 5.74. The summed E-state index contributed by atoms with van der Waals surface area (Å²) in [5, 5.41) is 4.33. The number of aromatic nitrogens is 5. The van der Waals surface area contributed by atoms with Crippen molar-refractivity contribution in [1.29, 1.82) is 0 Å². The van der Waals surface area contributed by atoms with Crippen LogP contribution in [0.5, 0.6) is 11.5 Å². The second kappa shape index (κ2) is 11.3. The standard InChI is InChI=1S/C43H35N5O/c1-26(2)31-14-8-15-32(27(3)4)40(31)39-25-46-43-36-24-30(19-20-34(36)41-38(48(39)43)18-10-21-44-41)49-29-12-7-11-28(23-29)47-37-17-6-5-13-33(37)35-16-9-22-45-42(35)47/h5-27H,1-4H3. The van der Waals surface area contributed by atoms with E-state index in [-0.39, 0.29) is 0 Å². The summed E-state index contributed by atoms with van der Waals surface area (Å²) < 4.78 is 11.1. The normalized spacial score (nSPS) is 12.0. The fourth-order valence-corrected chi connectivity index (χ4v) is 7.45. The minimum absolute atomic E-state index is 0.359. The van der Waals surface area contributed by atoms with Crippen molar-refractivity contribution in [2.24, 2.45) is 0 Å². The molecule has 0 atom stereocenters. The highest BCUT2D eigenvalue weighted by Gasteiger charge is 2.22. The van der Waals surface area contributed by atoms with Crippen LogP contribution in [-0.2, 0) is 0 Å². The molecule has 0 unspecified atom stereocenters. The zero-order chi connectivity index (χ0) is 33.2. The Kier molecular flexibility index (Phi) is 6.73. The molecule has 0 amide bonds. The average Bonchev–Trinajstić information content (AvgIpc) is 3.72. The Bertz CT molecular complexity index is 2640. The Morgan fingerprint density at radius 1 is 0.551 bits per heavy atom. The molecule has 5 aromatic heterocycles. The summed E-state index contributed by atoms with van der Waals surface area (Å²) in [7, 11) is 0. The number of ether oxygens (including phenoxy) is 1. The van der Waals surface area contributed by atoms with Gasteiger partial charge in [0.05, 0.1) is 34.1 Å². The Morgan fingerprint density at radius 3 is 2.10 bits per heavy atom. The molecule has 0 fully saturated rings. The second-order valence-electron chi connectivity index (χ2n) is 13.3. The van der Waals surface area contributed by atoms with Gasteiger partial charge in [0.1, 0.15) is 22.8 Å². The van der Waals surface area contributed by atoms with Crippen LogP contribution < -0.4 is 4.74 Å². The van der Waals surface area contributed by atoms with Crippen LogP contribution >= 0.6 is 0 Å². The molecule has 0 N–H and O–H groups in total. The van der Waals surface area contributed by atoms with E-state index in [9.17, 15) is 0 Å². The molecule has 0 spiro atoms. The molecule has 5 heterocycles. The highest BCUT2D eigenvalue weighted by Crippen LogP contribution is 2.40. The maximum Gasteiger partial charge on any atom is 0.145 e. The van der Waals surface area contributed by atoms with Gasteiger partial charge in [-0.05, 0) is 83.6 Å². The molecule has 9 rings (SSSR count). The van der Waals surface area contributed by atoms with Gasteiger partial charge in [-0.2, -0.15) is 0 Å². The predicted molar refractivity (Wildman–Crippen MR) is 200 cm³/mol. The van der Waals surface area contributed by atoms with Gasteiger partial charge in [-0.25, -0.2) is 9.97 Å². The number of fused-ring (bicyclic) bond motifs is 9. The molecule has 6 nitrogen and oxygen atoms in total. The maximum absolute atomic E-state index is 6.61. The van der Waals surface area contributed by atoms with E-state index in [1.807, 2.05) is 48.9 Å². The molecule has 0 aliphatic heterocycles. The van der Waals surface area contributed by atoms with Crippen molar-refractivity contribution < 1.29 is 4.74 Å². The zero-order valence-electron chi connectivity index (χ0n) is 27.9. The van der Waals surface area contributed by atoms with E-state index in [0.29, 0.717) is 11.8 Å². The molecule has 0 aliphatic carbocycles. The lowest BCUT2D eigenvalue weighted by molar-refractivity contribution is 0.483. The summed E-state index contributed by atoms with van der Waals surface area (Å²) >= 11 is 0. The number of imidazole rings is 1. The predicted octanol–water partition coefficient (Wildman–Crippen LogP) is 11.2. The molecular weight excluding hydrogens is 603 g/mol. The first-order valence-electron chi connectivity index (χ1n) is 16.9. The van der Waals surface area contributed by atoms with Gasteiger partial charge in [0, 0.05) is 45.6 Å². The van der Waals surface area contributed by atoms with Crippen molar-refractivity contribution >= 4 is 49.4 Å². The number of para-hydroxylation sites is 1. The Hall–Kier alpha value is -6.01. The molecule has 238 valence electrons. The zero-order valence-corrected chi connectivity index (χ0v) is 27.9. The number of pyridine rings is 3. The number of nitrogens with zero attached hydrogens (tertiary/aromatic N) is 5. The van der Waals surface area contributed by atoms with Crippen LogP contribution in [0.3, 0.4) is 0 Å². The molecule has 4 aromatic carbocycles. The molecule has 0 aliphatic rings. The van der Waals surface area contributed by atoms with Crippen molar-refractivity contribution in [1.82, 2.24) is 23.9 Å². The molecule has 0 radical (unpaired) electrons. The summed E-state index contributed by atoms with van der Waals surface area (Å²) in [5.41, 5.74) is 10.9. The van der Waals surface area contributed by atoms with E-state index in [2.05, 4.69) is 116 Å². The molecule has 0 saturated carbocycles. The van der Waals surface area contributed by atoms with Gasteiger partial charge >= 0.3 is 0 Å². The van der Waals surface area contributed by atoms with Gasteiger partial charge in [0.25, 0.3) is 0 Å². The third-order valence-electron chi connectivity index (χ3n) is 9.65. The van der Waals surface area contributed by atoms with Crippen molar-refractivity contribution in [3.8, 4) is 28.4 Å². The van der Waals surface area contributed by atoms with Gasteiger partial charge in [0.2, 0.25) is 0 Å². The second-order valence-corrected chi connectivity index (χ2v) is 13.3. The van der Waals surface area contributed by atoms with Crippen LogP contribution in [-0.4, -0.2) is 23.9 Å². The lowest BCUT2D eigenvalue weighted by Gasteiger charge is -2.20. The Labute approximate surface area is 284 Å². The Balaban J connectivity index is 1.21. The van der Waals surface area contributed by atoms with E-state index >= 15 is 0 Å². The third-order valence-corrected chi connectivity index (χ3v) is 9.65. The van der Waals surface area contributed by atoms with Crippen LogP contribution in [0.15, 0.2) is 128 Å². The van der Waals surface area contributed by atoms with Gasteiger partial charge in [-0.15, -0.1) is 0 Å².